The van der Waals surface area contributed by atoms with E-state index in [1.807, 2.05) is 6.07 Å². The van der Waals surface area contributed by atoms with Gasteiger partial charge in [-0.2, -0.15) is 0 Å². The van der Waals surface area contributed by atoms with Gasteiger partial charge in [0.15, 0.2) is 0 Å². The first kappa shape index (κ1) is 15.0. The monoisotopic (exact) mass is 302 g/mol. The molecule has 0 saturated carbocycles. The number of anilines is 3. The molecule has 0 fully saturated rings. The number of amides is 1. The van der Waals surface area contributed by atoms with Crippen LogP contribution in [0.3, 0.4) is 0 Å². The molecule has 6 heteroatoms. The van der Waals surface area contributed by atoms with E-state index >= 15 is 0 Å². The van der Waals surface area contributed by atoms with Crippen molar-refractivity contribution in [2.45, 2.75) is 0 Å². The molecule has 0 aliphatic rings. The Bertz CT molecular complexity index is 656. The number of nitrogens with zero attached hydrogens (tertiary/aromatic N) is 1. The van der Waals surface area contributed by atoms with Gasteiger partial charge < -0.3 is 5.32 Å². The van der Waals surface area contributed by atoms with Crippen LogP contribution in [0.2, 0.25) is 0 Å². The maximum absolute atomic E-state index is 11.6. The van der Waals surface area contributed by atoms with Crippen molar-refractivity contribution in [3.05, 3.63) is 67.3 Å². The van der Waals surface area contributed by atoms with E-state index in [2.05, 4.69) is 11.9 Å². The van der Waals surface area contributed by atoms with Gasteiger partial charge in [0.05, 0.1) is 11.4 Å². The third kappa shape index (κ3) is 3.77. The van der Waals surface area contributed by atoms with Crippen LogP contribution in [0, 0.1) is 0 Å². The number of hydrogen-bond donors (Lipinski definition) is 2. The first-order valence-electron chi connectivity index (χ1n) is 6.11. The van der Waals surface area contributed by atoms with Crippen molar-refractivity contribution in [3.8, 4) is 0 Å². The summed E-state index contributed by atoms with van der Waals surface area (Å²) in [6, 6.07) is 15.5. The van der Waals surface area contributed by atoms with Gasteiger partial charge in [0.1, 0.15) is 0 Å². The fourth-order valence-corrected chi connectivity index (χ4v) is 2.37. The molecule has 2 rings (SSSR count). The first-order chi connectivity index (χ1) is 10.1. The number of carbonyl (C=O) groups excluding carboxylic acids is 1. The van der Waals surface area contributed by atoms with Gasteiger partial charge in [0.25, 0.3) is 11.3 Å². The zero-order valence-electron chi connectivity index (χ0n) is 11.1. The van der Waals surface area contributed by atoms with Crippen LogP contribution in [0.15, 0.2) is 67.3 Å². The van der Waals surface area contributed by atoms with E-state index in [1.165, 1.54) is 10.4 Å². The summed E-state index contributed by atoms with van der Waals surface area (Å²) in [6.07, 6.45) is 1.17. The van der Waals surface area contributed by atoms with Gasteiger partial charge in [-0.15, -0.1) is 0 Å². The maximum Gasteiger partial charge on any atom is 0.266 e. The van der Waals surface area contributed by atoms with Gasteiger partial charge in [-0.05, 0) is 42.5 Å². The van der Waals surface area contributed by atoms with E-state index < -0.39 is 11.3 Å². The lowest BCUT2D eigenvalue weighted by Gasteiger charge is -2.20. The Kier molecular flexibility index (Phi) is 4.86. The molecule has 5 nitrogen and oxygen atoms in total. The SMILES string of the molecule is C=CC(=O)Nc1ccc(N(c2ccccc2)S(=O)O)cc1. The molecule has 1 unspecified atom stereocenters. The minimum Gasteiger partial charge on any atom is -0.323 e. The molecule has 0 aliphatic carbocycles. The minimum atomic E-state index is -2.19. The normalized spacial score (nSPS) is 11.5. The number of rotatable bonds is 5. The molecule has 0 bridgehead atoms. The van der Waals surface area contributed by atoms with Gasteiger partial charge >= 0.3 is 0 Å². The number of benzene rings is 2. The Morgan fingerprint density at radius 2 is 1.67 bits per heavy atom. The smallest absolute Gasteiger partial charge is 0.266 e. The van der Waals surface area contributed by atoms with Crippen molar-refractivity contribution >= 4 is 34.2 Å². The number of para-hydroxylation sites is 1. The Labute approximate surface area is 125 Å². The van der Waals surface area contributed by atoms with E-state index in [4.69, 9.17) is 0 Å². The fourth-order valence-electron chi connectivity index (χ4n) is 1.77. The van der Waals surface area contributed by atoms with Gasteiger partial charge in [-0.3, -0.25) is 9.35 Å². The fraction of sp³-hybridized carbons (Fsp3) is 0. The molecule has 0 saturated heterocycles. The highest BCUT2D eigenvalue weighted by Crippen LogP contribution is 2.27. The average molecular weight is 302 g/mol. The van der Waals surface area contributed by atoms with E-state index in [9.17, 15) is 13.6 Å². The Balaban J connectivity index is 2.28. The molecule has 0 aromatic heterocycles. The van der Waals surface area contributed by atoms with Crippen LogP contribution in [0.5, 0.6) is 0 Å². The standard InChI is InChI=1S/C15H14N2O3S/c1-2-15(18)16-12-8-10-14(11-9-12)17(21(19)20)13-6-4-3-5-7-13/h2-11H,1H2,(H,16,18)(H,19,20). The summed E-state index contributed by atoms with van der Waals surface area (Å²) in [5.74, 6) is -0.312. The van der Waals surface area contributed by atoms with Crippen molar-refractivity contribution in [1.29, 1.82) is 0 Å². The highest BCUT2D eigenvalue weighted by atomic mass is 32.2. The van der Waals surface area contributed by atoms with Crippen LogP contribution in [0.4, 0.5) is 17.1 Å². The second-order valence-electron chi connectivity index (χ2n) is 4.10. The molecular weight excluding hydrogens is 288 g/mol. The van der Waals surface area contributed by atoms with Gasteiger partial charge in [0.2, 0.25) is 5.91 Å². The molecule has 2 aromatic carbocycles. The van der Waals surface area contributed by atoms with Crippen LogP contribution in [0.25, 0.3) is 0 Å². The predicted molar refractivity (Wildman–Crippen MR) is 84.6 cm³/mol. The largest absolute Gasteiger partial charge is 0.323 e. The second kappa shape index (κ2) is 6.83. The molecule has 0 spiro atoms. The molecule has 2 aromatic rings. The summed E-state index contributed by atoms with van der Waals surface area (Å²) in [5.41, 5.74) is 1.72. The molecule has 2 N–H and O–H groups in total. The van der Waals surface area contributed by atoms with Crippen molar-refractivity contribution in [3.63, 3.8) is 0 Å². The van der Waals surface area contributed by atoms with Crippen molar-refractivity contribution in [2.75, 3.05) is 9.62 Å². The van der Waals surface area contributed by atoms with Crippen molar-refractivity contribution in [1.82, 2.24) is 0 Å². The maximum atomic E-state index is 11.6. The molecule has 1 atom stereocenters. The highest BCUT2D eigenvalue weighted by Gasteiger charge is 2.14. The lowest BCUT2D eigenvalue weighted by Crippen LogP contribution is -2.19. The van der Waals surface area contributed by atoms with Crippen molar-refractivity contribution < 1.29 is 13.6 Å². The summed E-state index contributed by atoms with van der Waals surface area (Å²) in [6.45, 7) is 3.37. The third-order valence-electron chi connectivity index (χ3n) is 2.70. The van der Waals surface area contributed by atoms with E-state index in [0.717, 1.165) is 0 Å². The van der Waals surface area contributed by atoms with Crippen LogP contribution >= 0.6 is 0 Å². The summed E-state index contributed by atoms with van der Waals surface area (Å²) in [4.78, 5) is 11.2. The van der Waals surface area contributed by atoms with Crippen LogP contribution in [0.1, 0.15) is 0 Å². The zero-order chi connectivity index (χ0) is 15.2. The molecule has 108 valence electrons. The zero-order valence-corrected chi connectivity index (χ0v) is 11.9. The van der Waals surface area contributed by atoms with E-state index in [-0.39, 0.29) is 5.91 Å². The predicted octanol–water partition coefficient (Wildman–Crippen LogP) is 3.09. The molecule has 0 radical (unpaired) electrons. The minimum absolute atomic E-state index is 0.312. The van der Waals surface area contributed by atoms with E-state index in [1.54, 1.807) is 48.5 Å². The molecule has 0 heterocycles. The number of nitrogens with one attached hydrogen (secondary N) is 1. The number of carbonyl (C=O) groups is 1. The second-order valence-corrected chi connectivity index (χ2v) is 4.93. The van der Waals surface area contributed by atoms with Gasteiger partial charge in [-0.25, -0.2) is 8.51 Å². The summed E-state index contributed by atoms with van der Waals surface area (Å²) >= 11 is -2.19. The number of hydrogen-bond acceptors (Lipinski definition) is 2. The Morgan fingerprint density at radius 3 is 2.19 bits per heavy atom. The lowest BCUT2D eigenvalue weighted by atomic mass is 10.2. The molecule has 0 aliphatic heterocycles. The summed E-state index contributed by atoms with van der Waals surface area (Å²) < 4.78 is 22.3. The van der Waals surface area contributed by atoms with Gasteiger partial charge in [-0.1, -0.05) is 24.8 Å². The van der Waals surface area contributed by atoms with E-state index in [0.29, 0.717) is 17.1 Å². The van der Waals surface area contributed by atoms with Crippen LogP contribution < -0.4 is 9.62 Å². The third-order valence-corrected chi connectivity index (χ3v) is 3.44. The lowest BCUT2D eigenvalue weighted by molar-refractivity contribution is -0.111. The molecular formula is C15H14N2O3S. The van der Waals surface area contributed by atoms with Gasteiger partial charge in [0, 0.05) is 5.69 Å². The van der Waals surface area contributed by atoms with Crippen LogP contribution in [-0.2, 0) is 16.1 Å². The Hall–Kier alpha value is -2.44. The molecule has 1 amide bonds. The quantitative estimate of drug-likeness (QED) is 0.658. The topological polar surface area (TPSA) is 69.6 Å². The molecule has 21 heavy (non-hydrogen) atoms. The van der Waals surface area contributed by atoms with Crippen molar-refractivity contribution in [2.24, 2.45) is 0 Å². The summed E-state index contributed by atoms with van der Waals surface area (Å²) in [7, 11) is 0. The first-order valence-corrected chi connectivity index (χ1v) is 7.18. The highest BCUT2D eigenvalue weighted by molar-refractivity contribution is 7.81. The summed E-state index contributed by atoms with van der Waals surface area (Å²) in [5, 5.41) is 2.61. The average Bonchev–Trinajstić information content (AvgIpc) is 2.50. The van der Waals surface area contributed by atoms with Crippen LogP contribution in [-0.4, -0.2) is 14.7 Å². The Morgan fingerprint density at radius 1 is 1.10 bits per heavy atom.